The summed E-state index contributed by atoms with van der Waals surface area (Å²) in [5.74, 6) is 6.37. The molecule has 0 bridgehead atoms. The van der Waals surface area contributed by atoms with Crippen LogP contribution in [0.2, 0.25) is 0 Å². The van der Waals surface area contributed by atoms with Crippen molar-refractivity contribution >= 4 is 23.2 Å². The normalized spacial score (nSPS) is 16.6. The number of hydrogen-bond acceptors (Lipinski definition) is 3. The Hall–Kier alpha value is -2.97. The van der Waals surface area contributed by atoms with Gasteiger partial charge in [-0.2, -0.15) is 0 Å². The van der Waals surface area contributed by atoms with E-state index in [1.807, 2.05) is 25.1 Å². The summed E-state index contributed by atoms with van der Waals surface area (Å²) in [6.07, 6.45) is 4.03. The molecule has 1 atom stereocenters. The van der Waals surface area contributed by atoms with E-state index in [1.165, 1.54) is 0 Å². The summed E-state index contributed by atoms with van der Waals surface area (Å²) < 4.78 is 5.29. The first kappa shape index (κ1) is 16.9. The molecule has 1 aliphatic heterocycles. The van der Waals surface area contributed by atoms with E-state index in [-0.39, 0.29) is 5.91 Å². The first-order valence-electron chi connectivity index (χ1n) is 8.08. The smallest absolute Gasteiger partial charge is 0.256 e. The van der Waals surface area contributed by atoms with Gasteiger partial charge in [-0.25, -0.2) is 0 Å². The zero-order valence-corrected chi connectivity index (χ0v) is 14.4. The maximum Gasteiger partial charge on any atom is 0.256 e. The van der Waals surface area contributed by atoms with Gasteiger partial charge in [-0.3, -0.25) is 4.79 Å². The maximum atomic E-state index is 12.4. The van der Waals surface area contributed by atoms with Gasteiger partial charge in [0.05, 0.1) is 24.1 Å². The Bertz CT molecular complexity index is 911. The third-order valence-electron chi connectivity index (χ3n) is 4.23. The van der Waals surface area contributed by atoms with Crippen LogP contribution in [0.1, 0.15) is 37.1 Å². The number of rotatable bonds is 3. The Morgan fingerprint density at radius 2 is 2.16 bits per heavy atom. The fourth-order valence-electron chi connectivity index (χ4n) is 2.59. The van der Waals surface area contributed by atoms with Gasteiger partial charge in [0.25, 0.3) is 5.91 Å². The van der Waals surface area contributed by atoms with Gasteiger partial charge in [0.2, 0.25) is 0 Å². The van der Waals surface area contributed by atoms with E-state index >= 15 is 0 Å². The summed E-state index contributed by atoms with van der Waals surface area (Å²) in [7, 11) is 1.58. The van der Waals surface area contributed by atoms with Crippen LogP contribution in [0.15, 0.2) is 30.5 Å². The summed E-state index contributed by atoms with van der Waals surface area (Å²) in [6, 6.07) is 7.31. The average molecular weight is 336 g/mol. The molecule has 1 amide bonds. The van der Waals surface area contributed by atoms with E-state index in [0.717, 1.165) is 5.56 Å². The van der Waals surface area contributed by atoms with Crippen LogP contribution in [0, 0.1) is 11.8 Å². The van der Waals surface area contributed by atoms with E-state index in [4.69, 9.17) is 4.74 Å². The number of carbonyl (C=O) groups excluding carboxylic acids is 1. The van der Waals surface area contributed by atoms with Gasteiger partial charge in [0.1, 0.15) is 11.4 Å². The van der Waals surface area contributed by atoms with E-state index < -0.39 is 5.60 Å². The summed E-state index contributed by atoms with van der Waals surface area (Å²) in [4.78, 5) is 15.5. The second-order valence-corrected chi connectivity index (χ2v) is 6.08. The predicted octanol–water partition coefficient (Wildman–Crippen LogP) is 3.03. The molecule has 0 saturated carbocycles. The molecule has 2 heterocycles. The average Bonchev–Trinajstić information content (AvgIpc) is 3.18. The first-order valence-corrected chi connectivity index (χ1v) is 8.08. The minimum Gasteiger partial charge on any atom is -0.495 e. The lowest BCUT2D eigenvalue weighted by Gasteiger charge is -2.12. The van der Waals surface area contributed by atoms with Gasteiger partial charge in [0.15, 0.2) is 0 Å². The number of carbonyl (C=O) groups is 1. The lowest BCUT2D eigenvalue weighted by Crippen LogP contribution is -2.19. The van der Waals surface area contributed by atoms with Crippen molar-refractivity contribution in [1.29, 1.82) is 0 Å². The molecule has 5 heteroatoms. The molecular formula is C20H20N2O3. The number of H-pyrrole nitrogens is 1. The molecule has 0 radical (unpaired) electrons. The van der Waals surface area contributed by atoms with Crippen LogP contribution in [-0.2, 0) is 4.79 Å². The quantitative estimate of drug-likeness (QED) is 0.596. The third-order valence-corrected chi connectivity index (χ3v) is 4.23. The summed E-state index contributed by atoms with van der Waals surface area (Å²) in [5, 5.41) is 13.0. The van der Waals surface area contributed by atoms with Crippen LogP contribution in [0.4, 0.5) is 5.69 Å². The monoisotopic (exact) mass is 336 g/mol. The van der Waals surface area contributed by atoms with Crippen molar-refractivity contribution in [3.05, 3.63) is 47.3 Å². The molecule has 2 aromatic rings. The summed E-state index contributed by atoms with van der Waals surface area (Å²) in [5.41, 5.74) is 2.31. The molecule has 25 heavy (non-hydrogen) atoms. The number of anilines is 1. The predicted molar refractivity (Wildman–Crippen MR) is 98.1 cm³/mol. The number of aromatic amines is 1. The molecule has 3 rings (SSSR count). The Balaban J connectivity index is 2.11. The molecule has 0 saturated heterocycles. The van der Waals surface area contributed by atoms with Crippen LogP contribution in [0.25, 0.3) is 11.6 Å². The van der Waals surface area contributed by atoms with Crippen LogP contribution in [-0.4, -0.2) is 28.7 Å². The van der Waals surface area contributed by atoms with Crippen molar-refractivity contribution < 1.29 is 14.6 Å². The number of methoxy groups -OCH3 is 1. The van der Waals surface area contributed by atoms with Gasteiger partial charge in [-0.05, 0) is 37.6 Å². The Morgan fingerprint density at radius 1 is 1.36 bits per heavy atom. The van der Waals surface area contributed by atoms with E-state index in [0.29, 0.717) is 34.7 Å². The van der Waals surface area contributed by atoms with Gasteiger partial charge in [-0.1, -0.05) is 24.8 Å². The molecule has 5 nitrogen and oxygen atoms in total. The van der Waals surface area contributed by atoms with Crippen molar-refractivity contribution in [2.45, 2.75) is 25.9 Å². The number of aliphatic hydroxyl groups is 1. The molecule has 1 aromatic heterocycles. The highest BCUT2D eigenvalue weighted by atomic mass is 16.5. The lowest BCUT2D eigenvalue weighted by atomic mass is 9.98. The van der Waals surface area contributed by atoms with E-state index in [2.05, 4.69) is 22.1 Å². The standard InChI is InChI=1S/C20H20N2O3/c1-4-20(2,24)10-8-13-6-5-7-15-18(13)14(19(23)22-15)12-16-17(25-3)9-11-21-16/h5-7,9,11-12,21,24H,4H2,1-3H3,(H,22,23). The van der Waals surface area contributed by atoms with Gasteiger partial charge >= 0.3 is 0 Å². The van der Waals surface area contributed by atoms with Gasteiger partial charge in [-0.15, -0.1) is 0 Å². The Labute approximate surface area is 146 Å². The number of hydrogen-bond donors (Lipinski definition) is 3. The zero-order chi connectivity index (χ0) is 18.0. The summed E-state index contributed by atoms with van der Waals surface area (Å²) in [6.45, 7) is 3.55. The third kappa shape index (κ3) is 3.30. The topological polar surface area (TPSA) is 74.3 Å². The minimum absolute atomic E-state index is 0.192. The molecule has 1 unspecified atom stereocenters. The molecule has 0 fully saturated rings. The zero-order valence-electron chi connectivity index (χ0n) is 14.4. The maximum absolute atomic E-state index is 12.4. The van der Waals surface area contributed by atoms with Crippen molar-refractivity contribution in [3.63, 3.8) is 0 Å². The van der Waals surface area contributed by atoms with Crippen molar-refractivity contribution in [1.82, 2.24) is 4.98 Å². The Morgan fingerprint density at radius 3 is 2.88 bits per heavy atom. The van der Waals surface area contributed by atoms with Crippen LogP contribution < -0.4 is 10.1 Å². The van der Waals surface area contributed by atoms with Crippen LogP contribution in [0.3, 0.4) is 0 Å². The molecule has 0 aliphatic carbocycles. The minimum atomic E-state index is -1.06. The number of nitrogens with one attached hydrogen (secondary N) is 2. The van der Waals surface area contributed by atoms with E-state index in [9.17, 15) is 9.90 Å². The molecule has 1 aliphatic rings. The lowest BCUT2D eigenvalue weighted by molar-refractivity contribution is -0.110. The summed E-state index contributed by atoms with van der Waals surface area (Å²) >= 11 is 0. The fourth-order valence-corrected chi connectivity index (χ4v) is 2.59. The fraction of sp³-hybridized carbons (Fsp3) is 0.250. The van der Waals surface area contributed by atoms with Crippen LogP contribution in [0.5, 0.6) is 5.75 Å². The second kappa shape index (κ2) is 6.50. The largest absolute Gasteiger partial charge is 0.495 e. The number of aromatic nitrogens is 1. The first-order chi connectivity index (χ1) is 11.9. The van der Waals surface area contributed by atoms with Crippen molar-refractivity contribution in [2.24, 2.45) is 0 Å². The van der Waals surface area contributed by atoms with Crippen molar-refractivity contribution in [3.8, 4) is 17.6 Å². The highest BCUT2D eigenvalue weighted by Crippen LogP contribution is 2.36. The van der Waals surface area contributed by atoms with Crippen LogP contribution >= 0.6 is 0 Å². The molecular weight excluding hydrogens is 316 g/mol. The number of amides is 1. The van der Waals surface area contributed by atoms with Crippen molar-refractivity contribution in [2.75, 3.05) is 12.4 Å². The number of ether oxygens (including phenoxy) is 1. The van der Waals surface area contributed by atoms with E-state index in [1.54, 1.807) is 32.4 Å². The number of fused-ring (bicyclic) bond motifs is 1. The SMILES string of the molecule is CCC(C)(O)C#Cc1cccc2c1C(=Cc1[nH]ccc1OC)C(=O)N2. The highest BCUT2D eigenvalue weighted by molar-refractivity contribution is 6.35. The molecule has 3 N–H and O–H groups in total. The Kier molecular flexibility index (Phi) is 4.39. The molecule has 1 aromatic carbocycles. The highest BCUT2D eigenvalue weighted by Gasteiger charge is 2.27. The second-order valence-electron chi connectivity index (χ2n) is 6.08. The van der Waals surface area contributed by atoms with Gasteiger partial charge in [0, 0.05) is 17.3 Å². The molecule has 0 spiro atoms. The van der Waals surface area contributed by atoms with Gasteiger partial charge < -0.3 is 20.1 Å². The molecule has 128 valence electrons. The number of benzene rings is 1.